The molecule has 6 aromatic rings. The van der Waals surface area contributed by atoms with Crippen LogP contribution in [0, 0.1) is 46.7 Å². The number of ether oxygens (including phenoxy) is 4. The molecular weight excluding hydrogens is 1570 g/mol. The minimum Gasteiger partial charge on any atom is -0.508 e. The van der Waals surface area contributed by atoms with E-state index in [-0.39, 0.29) is 115 Å². The van der Waals surface area contributed by atoms with Crippen molar-refractivity contribution in [1.82, 2.24) is 20.0 Å². The molecule has 622 valence electrons. The highest BCUT2D eigenvalue weighted by molar-refractivity contribution is 9.09. The van der Waals surface area contributed by atoms with Crippen LogP contribution in [-0.4, -0.2) is 154 Å². The number of nitrogens with one attached hydrogen (secondary N) is 1. The van der Waals surface area contributed by atoms with E-state index in [1.165, 1.54) is 86.8 Å². The molecule has 3 fully saturated rings. The Balaban J connectivity index is 0.000000205. The first-order chi connectivity index (χ1) is 53.7. The molecule has 6 aliphatic rings. The summed E-state index contributed by atoms with van der Waals surface area (Å²) in [6.45, 7) is 14.1. The number of amides is 1. The van der Waals surface area contributed by atoms with Crippen LogP contribution in [0.5, 0.6) is 17.2 Å². The van der Waals surface area contributed by atoms with Crippen molar-refractivity contribution in [3.63, 3.8) is 0 Å². The second-order valence-electron chi connectivity index (χ2n) is 32.1. The zero-order valence-corrected chi connectivity index (χ0v) is 67.5. The van der Waals surface area contributed by atoms with Crippen molar-refractivity contribution in [2.45, 2.75) is 200 Å². The lowest BCUT2D eigenvalue weighted by Gasteiger charge is -2.44. The molecule has 115 heavy (non-hydrogen) atoms. The highest BCUT2D eigenvalue weighted by Gasteiger charge is 2.44. The topological polar surface area (TPSA) is 202 Å². The van der Waals surface area contributed by atoms with Gasteiger partial charge >= 0.3 is 17.9 Å². The summed E-state index contributed by atoms with van der Waals surface area (Å²) >= 11 is 3.06. The third-order valence-corrected chi connectivity index (χ3v) is 20.7. The number of hydrogen-bond acceptors (Lipinski definition) is 14. The molecule has 16 nitrogen and oxygen atoms in total. The second-order valence-corrected chi connectivity index (χ2v) is 32.7. The van der Waals surface area contributed by atoms with E-state index in [2.05, 4.69) is 30.7 Å². The molecule has 3 aliphatic carbocycles. The van der Waals surface area contributed by atoms with Gasteiger partial charge in [-0.2, -0.15) is 0 Å². The minimum atomic E-state index is -1.62. The number of carbonyl (C=O) groups is 6. The molecule has 0 aromatic heterocycles. The van der Waals surface area contributed by atoms with Crippen molar-refractivity contribution in [2.24, 2.45) is 11.8 Å². The maximum Gasteiger partial charge on any atom is 0.330 e. The lowest BCUT2D eigenvalue weighted by Crippen LogP contribution is -2.48. The first kappa shape index (κ1) is 91.4. The number of esters is 2. The van der Waals surface area contributed by atoms with E-state index in [4.69, 9.17) is 14.6 Å². The molecule has 12 rings (SSSR count). The Morgan fingerprint density at radius 1 is 0.487 bits per heavy atom. The summed E-state index contributed by atoms with van der Waals surface area (Å²) in [5.74, 6) is -5.17. The molecule has 6 aromatic carbocycles. The first-order valence-corrected chi connectivity index (χ1v) is 39.3. The molecule has 3 heterocycles. The largest absolute Gasteiger partial charge is 0.508 e. The van der Waals surface area contributed by atoms with Crippen LogP contribution in [-0.2, 0) is 57.5 Å². The number of carboxylic acids is 1. The summed E-state index contributed by atoms with van der Waals surface area (Å²) in [7, 11) is 2.42. The van der Waals surface area contributed by atoms with Crippen molar-refractivity contribution in [3.05, 3.63) is 211 Å². The zero-order chi connectivity index (χ0) is 83.4. The van der Waals surface area contributed by atoms with Crippen LogP contribution in [0.15, 0.2) is 109 Å². The quantitative estimate of drug-likeness (QED) is 0.0190. The standard InChI is InChI=1S/C30H34F3NO4.C29H32F3NO4.C24H26F3NO3.C5H8BrNO.CH4/c1-18-11-21-15-23(38-16-22(35)12-19-5-6-19)8-9-24(21)29(34(18)17-30(2,3)33)28-25(31)13-20(14-26(28)32)7-10-27(36)37-4;1-17-10-20-14-22(37-15-21(34)11-18-4-5-18)7-8-23(20)28(33(17)16-29(2,3)32)27-24(30)12-19(13-25(27)31)6-9-26(35)36;1-14-9-16-12-17(29)6-7-18(16)23(28(14)13-24(2,3)27)22-19(25)10-15(11-20(22)26)5-8-21(30)31-4;6-3-5(8)7-4-1-2-4;/h7-10,13-15,18-19,29H,5-6,11-12,16-17H2,1-4H3;6-9,12-14,17-18,28H,4-5,10-11,15-16H2,1-3H3,(H,35,36);5-8,10-12,14,23,29H,9,13H2,1-4H3;4H,1-3H2,(H,7,8);1H4/b10-7+;9-6+;8-5+;;. The highest BCUT2D eigenvalue weighted by Crippen LogP contribution is 2.47. The predicted molar refractivity (Wildman–Crippen MR) is 427 cm³/mol. The SMILES string of the molecule is C.CC1Cc2cc(OCC(=O)CC3CC3)ccc2C(c2c(F)cc(/C=C/C(=O)O)cc2F)N1CC(C)(C)F.COC(=O)/C=C/c1cc(F)c(C2c3ccc(O)cc3CC(C)N2CC(C)(C)F)c(F)c1.COC(=O)/C=C/c1cc(F)c(C2c3ccc(OCC(=O)CC4CC4)cc3CC(C)N2CC(C)(C)F)c(F)c1.O=C(CBr)NC1CC1. The van der Waals surface area contributed by atoms with Gasteiger partial charge in [0, 0.05) is 91.6 Å². The number of aliphatic carboxylic acids is 1. The van der Waals surface area contributed by atoms with E-state index < -0.39 is 87.9 Å². The molecule has 0 spiro atoms. The molecule has 3 saturated carbocycles. The van der Waals surface area contributed by atoms with E-state index in [0.29, 0.717) is 83.5 Å². The first-order valence-electron chi connectivity index (χ1n) is 38.1. The van der Waals surface area contributed by atoms with E-state index >= 15 is 26.3 Å². The molecule has 3 N–H and O–H groups in total. The lowest BCUT2D eigenvalue weighted by molar-refractivity contribution is -0.135. The number of benzene rings is 6. The summed E-state index contributed by atoms with van der Waals surface area (Å²) in [4.78, 5) is 73.6. The maximum absolute atomic E-state index is 15.6. The number of fused-ring (bicyclic) bond motifs is 3. The maximum atomic E-state index is 15.6. The Hall–Kier alpha value is -9.11. The van der Waals surface area contributed by atoms with Crippen LogP contribution < -0.4 is 14.8 Å². The monoisotopic (exact) mass is 1670 g/mol. The molecule has 3 aliphatic heterocycles. The summed E-state index contributed by atoms with van der Waals surface area (Å²) in [5.41, 5.74) is -0.717. The van der Waals surface area contributed by atoms with Crippen LogP contribution in [0.2, 0.25) is 0 Å². The number of carbonyl (C=O) groups excluding carboxylic acids is 5. The number of aromatic hydroxyl groups is 1. The van der Waals surface area contributed by atoms with Gasteiger partial charge in [0.2, 0.25) is 5.91 Å². The Bertz CT molecular complexity index is 4510. The number of phenolic OH excluding ortho intramolecular Hbond substituents is 1. The molecule has 6 unspecified atom stereocenters. The van der Waals surface area contributed by atoms with E-state index in [9.17, 15) is 47.0 Å². The van der Waals surface area contributed by atoms with E-state index in [1.807, 2.05) is 26.8 Å². The Kier molecular flexibility index (Phi) is 31.5. The van der Waals surface area contributed by atoms with Gasteiger partial charge in [-0.25, -0.2) is 53.9 Å². The number of Topliss-reactive ketones (excluding diaryl/α,β-unsaturated/α-hetero) is 2. The fourth-order valence-electron chi connectivity index (χ4n) is 14.6. The molecule has 0 saturated heterocycles. The Labute approximate surface area is 675 Å². The van der Waals surface area contributed by atoms with Crippen LogP contribution in [0.1, 0.15) is 206 Å². The average Bonchev–Trinajstić information content (AvgIpc) is 1.69. The van der Waals surface area contributed by atoms with Crippen molar-refractivity contribution >= 4 is 69.5 Å². The van der Waals surface area contributed by atoms with Gasteiger partial charge in [-0.05, 0) is 273 Å². The Morgan fingerprint density at radius 2 is 0.800 bits per heavy atom. The van der Waals surface area contributed by atoms with Gasteiger partial charge < -0.3 is 34.5 Å². The third kappa shape index (κ3) is 26.5. The van der Waals surface area contributed by atoms with Gasteiger partial charge in [-0.15, -0.1) is 0 Å². The summed E-state index contributed by atoms with van der Waals surface area (Å²) in [6, 6.07) is 19.0. The average molecular weight is 1670 g/mol. The van der Waals surface area contributed by atoms with Gasteiger partial charge in [-0.3, -0.25) is 29.1 Å². The van der Waals surface area contributed by atoms with Crippen LogP contribution in [0.4, 0.5) is 39.5 Å². The fourth-order valence-corrected chi connectivity index (χ4v) is 14.8. The molecular formula is C89H104BrF9N4O12. The van der Waals surface area contributed by atoms with Crippen LogP contribution >= 0.6 is 15.9 Å². The van der Waals surface area contributed by atoms with Gasteiger partial charge in [0.1, 0.15) is 82.4 Å². The predicted octanol–water partition coefficient (Wildman–Crippen LogP) is 18.1. The lowest BCUT2D eigenvalue weighted by atomic mass is 9.83. The van der Waals surface area contributed by atoms with Gasteiger partial charge in [0.25, 0.3) is 0 Å². The molecule has 0 bridgehead atoms. The van der Waals surface area contributed by atoms with Crippen LogP contribution in [0.3, 0.4) is 0 Å². The van der Waals surface area contributed by atoms with Gasteiger partial charge in [-0.1, -0.05) is 41.6 Å². The number of ketones is 2. The molecule has 6 atom stereocenters. The number of halogens is 10. The molecule has 26 heteroatoms. The number of alkyl halides is 4. The molecule has 1 amide bonds. The molecule has 0 radical (unpaired) electrons. The normalized spacial score (nSPS) is 19.6. The summed E-state index contributed by atoms with van der Waals surface area (Å²) in [5, 5.41) is 22.0. The number of hydrogen-bond donors (Lipinski definition) is 3. The van der Waals surface area contributed by atoms with E-state index in [0.717, 1.165) is 103 Å². The van der Waals surface area contributed by atoms with Crippen molar-refractivity contribution in [2.75, 3.05) is 52.4 Å². The number of phenols is 1. The number of rotatable bonds is 27. The fraction of sp³-hybridized carbons (Fsp3) is 0.461. The smallest absolute Gasteiger partial charge is 0.330 e. The Morgan fingerprint density at radius 3 is 1.09 bits per heavy atom. The van der Waals surface area contributed by atoms with Crippen molar-refractivity contribution in [3.8, 4) is 17.2 Å². The summed E-state index contributed by atoms with van der Waals surface area (Å²) in [6.07, 6.45) is 15.9. The second kappa shape index (κ2) is 39.7. The minimum absolute atomic E-state index is 0. The number of methoxy groups -OCH3 is 2. The van der Waals surface area contributed by atoms with E-state index in [1.54, 1.807) is 57.2 Å². The van der Waals surface area contributed by atoms with Crippen molar-refractivity contribution in [1.29, 1.82) is 0 Å². The summed E-state index contributed by atoms with van der Waals surface area (Å²) < 4.78 is 157. The van der Waals surface area contributed by atoms with Crippen LogP contribution in [0.25, 0.3) is 18.2 Å². The van der Waals surface area contributed by atoms with Crippen molar-refractivity contribution < 1.29 is 97.4 Å². The highest BCUT2D eigenvalue weighted by atomic mass is 79.9. The zero-order valence-electron chi connectivity index (χ0n) is 65.9. The van der Waals surface area contributed by atoms with Gasteiger partial charge in [0.05, 0.1) is 37.7 Å². The van der Waals surface area contributed by atoms with Gasteiger partial charge in [0.15, 0.2) is 11.6 Å². The number of nitrogens with zero attached hydrogens (tertiary/aromatic N) is 3. The number of carboxylic acid groups (broad SMARTS) is 1. The third-order valence-electron chi connectivity index (χ3n) is 20.2.